The number of hydrogen-bond donors (Lipinski definition) is 8. The van der Waals surface area contributed by atoms with Gasteiger partial charge < -0.3 is 54.7 Å². The molecule has 0 amide bonds. The summed E-state index contributed by atoms with van der Waals surface area (Å²) in [6.07, 6.45) is -5.91. The van der Waals surface area contributed by atoms with Crippen LogP contribution in [0.5, 0.6) is 23.0 Å². The standard InChI is InChI=1S/C29H24O13/c30-15-8-9-16(14(10-15)7-6-13-4-2-1-3-5-13)18-11-17(31)21-19(40-18)12-20(22(32)23(21)33)41-28-26(35)29(38,39)25(34)24(42-28)27(36)37/h1-12,24-26,28,30,32-35,38-39H,(H,36,37)/b7-6+/t24-,25+,26-,28+/m0/s1. The number of aliphatic hydroxyl groups is 4. The predicted molar refractivity (Wildman–Crippen MR) is 144 cm³/mol. The molecule has 0 radical (unpaired) electrons. The van der Waals surface area contributed by atoms with E-state index in [-0.39, 0.29) is 17.1 Å². The first-order valence-corrected chi connectivity index (χ1v) is 12.3. The second-order valence-electron chi connectivity index (χ2n) is 9.49. The lowest BCUT2D eigenvalue weighted by Crippen LogP contribution is -2.69. The molecule has 1 aromatic heterocycles. The first kappa shape index (κ1) is 28.6. The van der Waals surface area contributed by atoms with Crippen LogP contribution in [0.2, 0.25) is 0 Å². The van der Waals surface area contributed by atoms with Crippen molar-refractivity contribution in [2.75, 3.05) is 0 Å². The van der Waals surface area contributed by atoms with Gasteiger partial charge in [0.15, 0.2) is 29.1 Å². The second kappa shape index (κ2) is 10.8. The average Bonchev–Trinajstić information content (AvgIpc) is 2.95. The first-order chi connectivity index (χ1) is 19.9. The van der Waals surface area contributed by atoms with Crippen molar-refractivity contribution in [1.29, 1.82) is 0 Å². The Labute approximate surface area is 235 Å². The molecule has 13 heteroatoms. The summed E-state index contributed by atoms with van der Waals surface area (Å²) in [6.45, 7) is 0. The van der Waals surface area contributed by atoms with E-state index in [9.17, 15) is 50.4 Å². The van der Waals surface area contributed by atoms with Gasteiger partial charge in [0.2, 0.25) is 17.8 Å². The van der Waals surface area contributed by atoms with Crippen molar-refractivity contribution < 1.29 is 59.5 Å². The molecule has 8 N–H and O–H groups in total. The fraction of sp³-hybridized carbons (Fsp3) is 0.172. The molecule has 2 heterocycles. The fourth-order valence-electron chi connectivity index (χ4n) is 4.46. The number of ether oxygens (including phenoxy) is 2. The summed E-state index contributed by atoms with van der Waals surface area (Å²) in [7, 11) is 0. The molecule has 4 atom stereocenters. The van der Waals surface area contributed by atoms with Crippen LogP contribution in [0.3, 0.4) is 0 Å². The van der Waals surface area contributed by atoms with Crippen molar-refractivity contribution in [3.05, 3.63) is 82.0 Å². The molecule has 1 saturated heterocycles. The maximum Gasteiger partial charge on any atom is 0.335 e. The van der Waals surface area contributed by atoms with Gasteiger partial charge in [-0.3, -0.25) is 4.79 Å². The monoisotopic (exact) mass is 580 g/mol. The van der Waals surface area contributed by atoms with Crippen LogP contribution in [0, 0.1) is 0 Å². The van der Waals surface area contributed by atoms with E-state index >= 15 is 0 Å². The lowest BCUT2D eigenvalue weighted by atomic mass is 9.95. The third-order valence-electron chi connectivity index (χ3n) is 6.67. The average molecular weight is 580 g/mol. The van der Waals surface area contributed by atoms with Crippen molar-refractivity contribution in [2.45, 2.75) is 30.4 Å². The van der Waals surface area contributed by atoms with Crippen LogP contribution in [0.1, 0.15) is 11.1 Å². The van der Waals surface area contributed by atoms with Crippen molar-refractivity contribution in [3.63, 3.8) is 0 Å². The summed E-state index contributed by atoms with van der Waals surface area (Å²) in [5, 5.41) is 80.3. The molecule has 0 unspecified atom stereocenters. The molecule has 3 aromatic carbocycles. The van der Waals surface area contributed by atoms with Gasteiger partial charge in [0.25, 0.3) is 0 Å². The number of benzene rings is 3. The van der Waals surface area contributed by atoms with Crippen molar-refractivity contribution in [2.24, 2.45) is 0 Å². The summed E-state index contributed by atoms with van der Waals surface area (Å²) in [4.78, 5) is 24.5. The number of carboxylic acids is 1. The van der Waals surface area contributed by atoms with Crippen LogP contribution in [0.15, 0.2) is 69.9 Å². The Morgan fingerprint density at radius 1 is 0.905 bits per heavy atom. The van der Waals surface area contributed by atoms with Gasteiger partial charge in [0.1, 0.15) is 28.6 Å². The molecule has 1 aliphatic heterocycles. The number of hydrogen-bond acceptors (Lipinski definition) is 12. The molecule has 42 heavy (non-hydrogen) atoms. The van der Waals surface area contributed by atoms with Crippen LogP contribution in [0.25, 0.3) is 34.4 Å². The Balaban J connectivity index is 1.58. The van der Waals surface area contributed by atoms with E-state index < -0.39 is 64.4 Å². The Hall–Kier alpha value is -4.92. The highest BCUT2D eigenvalue weighted by atomic mass is 16.7. The van der Waals surface area contributed by atoms with Crippen molar-refractivity contribution in [1.82, 2.24) is 0 Å². The van der Waals surface area contributed by atoms with E-state index in [2.05, 4.69) is 0 Å². The minimum absolute atomic E-state index is 0.0102. The van der Waals surface area contributed by atoms with Crippen LogP contribution in [-0.4, -0.2) is 77.2 Å². The van der Waals surface area contributed by atoms with Gasteiger partial charge in [-0.05, 0) is 29.3 Å². The Morgan fingerprint density at radius 3 is 2.31 bits per heavy atom. The summed E-state index contributed by atoms with van der Waals surface area (Å²) >= 11 is 0. The highest BCUT2D eigenvalue weighted by molar-refractivity contribution is 5.90. The minimum Gasteiger partial charge on any atom is -0.508 e. The molecular weight excluding hydrogens is 556 g/mol. The maximum atomic E-state index is 13.0. The number of aromatic hydroxyl groups is 3. The van der Waals surface area contributed by atoms with E-state index in [0.29, 0.717) is 11.1 Å². The lowest BCUT2D eigenvalue weighted by Gasteiger charge is -2.43. The highest BCUT2D eigenvalue weighted by Gasteiger charge is 2.58. The molecule has 1 fully saturated rings. The van der Waals surface area contributed by atoms with E-state index in [1.165, 1.54) is 18.2 Å². The number of phenolic OH excluding ortho intramolecular Hbond substituents is 3. The summed E-state index contributed by atoms with van der Waals surface area (Å²) < 4.78 is 16.1. The number of fused-ring (bicyclic) bond motifs is 1. The Kier molecular flexibility index (Phi) is 7.36. The highest BCUT2D eigenvalue weighted by Crippen LogP contribution is 2.43. The quantitative estimate of drug-likeness (QED) is 0.0916. The van der Waals surface area contributed by atoms with E-state index in [1.807, 2.05) is 30.3 Å². The number of aliphatic hydroxyl groups excluding tert-OH is 2. The number of carboxylic acid groups (broad SMARTS) is 1. The van der Waals surface area contributed by atoms with E-state index in [1.54, 1.807) is 12.2 Å². The zero-order chi connectivity index (χ0) is 30.3. The lowest BCUT2D eigenvalue weighted by molar-refractivity contribution is -0.369. The number of carbonyl (C=O) groups is 1. The zero-order valence-electron chi connectivity index (χ0n) is 21.4. The molecule has 0 spiro atoms. The van der Waals surface area contributed by atoms with Crippen molar-refractivity contribution >= 4 is 29.1 Å². The summed E-state index contributed by atoms with van der Waals surface area (Å²) in [5.74, 6) is -8.01. The summed E-state index contributed by atoms with van der Waals surface area (Å²) in [6, 6.07) is 15.5. The largest absolute Gasteiger partial charge is 0.508 e. The number of phenols is 3. The molecule has 5 rings (SSSR count). The summed E-state index contributed by atoms with van der Waals surface area (Å²) in [5.41, 5.74) is 0.579. The van der Waals surface area contributed by atoms with Gasteiger partial charge in [-0.1, -0.05) is 42.5 Å². The molecular formula is C29H24O13. The van der Waals surface area contributed by atoms with E-state index in [4.69, 9.17) is 13.9 Å². The second-order valence-corrected chi connectivity index (χ2v) is 9.49. The van der Waals surface area contributed by atoms with Gasteiger partial charge in [-0.25, -0.2) is 4.79 Å². The van der Waals surface area contributed by atoms with Crippen LogP contribution >= 0.6 is 0 Å². The molecule has 4 aromatic rings. The first-order valence-electron chi connectivity index (χ1n) is 12.3. The Morgan fingerprint density at radius 2 is 1.62 bits per heavy atom. The molecule has 13 nitrogen and oxygen atoms in total. The molecule has 1 aliphatic rings. The molecule has 218 valence electrons. The molecule has 0 saturated carbocycles. The third kappa shape index (κ3) is 5.13. The fourth-order valence-corrected chi connectivity index (χ4v) is 4.46. The SMILES string of the molecule is O=C(O)[C@H]1O[C@@H](Oc2cc3oc(-c4ccc(O)cc4/C=C/c4ccccc4)cc(=O)c3c(O)c2O)[C@H](O)C(O)(O)[C@@H]1O. The van der Waals surface area contributed by atoms with Gasteiger partial charge in [0, 0.05) is 17.7 Å². The normalized spacial score (nSPS) is 21.9. The molecule has 0 bridgehead atoms. The van der Waals surface area contributed by atoms with Gasteiger partial charge >= 0.3 is 5.97 Å². The van der Waals surface area contributed by atoms with Gasteiger partial charge in [-0.15, -0.1) is 0 Å². The minimum atomic E-state index is -3.40. The van der Waals surface area contributed by atoms with E-state index in [0.717, 1.165) is 17.7 Å². The van der Waals surface area contributed by atoms with Crippen molar-refractivity contribution in [3.8, 4) is 34.3 Å². The number of rotatable bonds is 6. The Bertz CT molecular complexity index is 1740. The smallest absolute Gasteiger partial charge is 0.335 e. The van der Waals surface area contributed by atoms with Crippen LogP contribution in [0.4, 0.5) is 0 Å². The van der Waals surface area contributed by atoms with Crippen LogP contribution in [-0.2, 0) is 9.53 Å². The number of aliphatic carboxylic acids is 1. The van der Waals surface area contributed by atoms with Crippen LogP contribution < -0.4 is 10.2 Å². The van der Waals surface area contributed by atoms with Gasteiger partial charge in [-0.2, -0.15) is 0 Å². The maximum absolute atomic E-state index is 13.0. The topological polar surface area (TPSA) is 228 Å². The molecule has 0 aliphatic carbocycles. The third-order valence-corrected chi connectivity index (χ3v) is 6.67. The van der Waals surface area contributed by atoms with Gasteiger partial charge in [0.05, 0.1) is 0 Å². The zero-order valence-corrected chi connectivity index (χ0v) is 21.4. The predicted octanol–water partition coefficient (Wildman–Crippen LogP) is 1.34.